The monoisotopic (exact) mass is 176 g/mol. The molecule has 0 amide bonds. The van der Waals surface area contributed by atoms with Crippen LogP contribution in [0.15, 0.2) is 12.1 Å². The van der Waals surface area contributed by atoms with Crippen LogP contribution in [-0.2, 0) is 6.32 Å². The van der Waals surface area contributed by atoms with Gasteiger partial charge in [-0.3, -0.25) is 0 Å². The second kappa shape index (κ2) is 3.86. The smallest absolute Gasteiger partial charge is 0.120 e. The first kappa shape index (κ1) is 10.2. The van der Waals surface area contributed by atoms with Gasteiger partial charge in [-0.15, -0.1) is 0 Å². The summed E-state index contributed by atoms with van der Waals surface area (Å²) in [5, 5.41) is 9.70. The maximum atomic E-state index is 9.70. The average molecular weight is 176 g/mol. The molecule has 1 aromatic rings. The topological polar surface area (TPSA) is 20.2 Å². The zero-order valence-corrected chi connectivity index (χ0v) is 8.89. The molecule has 0 heterocycles. The van der Waals surface area contributed by atoms with Gasteiger partial charge in [0.25, 0.3) is 0 Å². The number of rotatable bonds is 2. The van der Waals surface area contributed by atoms with Gasteiger partial charge in [-0.05, 0) is 29.5 Å². The van der Waals surface area contributed by atoms with E-state index in [1.807, 2.05) is 6.92 Å². The van der Waals surface area contributed by atoms with E-state index in [1.165, 1.54) is 5.56 Å². The van der Waals surface area contributed by atoms with Gasteiger partial charge in [0.1, 0.15) is 13.6 Å². The lowest BCUT2D eigenvalue weighted by Gasteiger charge is -2.11. The summed E-state index contributed by atoms with van der Waals surface area (Å²) in [5.41, 5.74) is 3.36. The minimum atomic E-state index is 0.465. The molecule has 0 aromatic heterocycles. The lowest BCUT2D eigenvalue weighted by Crippen LogP contribution is -1.94. The number of benzene rings is 1. The van der Waals surface area contributed by atoms with Crippen molar-refractivity contribution in [1.82, 2.24) is 0 Å². The fourth-order valence-electron chi connectivity index (χ4n) is 1.49. The Kier molecular flexibility index (Phi) is 3.02. The molecule has 0 bridgehead atoms. The van der Waals surface area contributed by atoms with E-state index >= 15 is 0 Å². The van der Waals surface area contributed by atoms with Gasteiger partial charge in [-0.25, -0.2) is 0 Å². The van der Waals surface area contributed by atoms with Crippen LogP contribution in [0.25, 0.3) is 0 Å². The first-order chi connectivity index (χ1) is 6.06. The third-order valence-corrected chi connectivity index (χ3v) is 2.45. The van der Waals surface area contributed by atoms with Gasteiger partial charge in [0.05, 0.1) is 0 Å². The van der Waals surface area contributed by atoms with Crippen LogP contribution in [0.2, 0.25) is 0 Å². The standard InChI is InChI=1S/C11H17BO/c1-7(2)9-4-8(3)11(13)10(5-9)6-12/h4-5,7,13H,6,12H2,1-3H3. The highest BCUT2D eigenvalue weighted by atomic mass is 16.3. The average Bonchev–Trinajstić information content (AvgIpc) is 2.09. The van der Waals surface area contributed by atoms with E-state index in [-0.39, 0.29) is 0 Å². The largest absolute Gasteiger partial charge is 0.507 e. The summed E-state index contributed by atoms with van der Waals surface area (Å²) in [6.45, 7) is 6.30. The molecule has 0 spiro atoms. The van der Waals surface area contributed by atoms with Gasteiger partial charge in [0.2, 0.25) is 0 Å². The minimum Gasteiger partial charge on any atom is -0.507 e. The van der Waals surface area contributed by atoms with Crippen LogP contribution in [0.5, 0.6) is 5.75 Å². The van der Waals surface area contributed by atoms with Crippen LogP contribution >= 0.6 is 0 Å². The van der Waals surface area contributed by atoms with Gasteiger partial charge < -0.3 is 5.11 Å². The quantitative estimate of drug-likeness (QED) is 0.683. The Morgan fingerprint density at radius 2 is 2.00 bits per heavy atom. The molecule has 0 saturated heterocycles. The van der Waals surface area contributed by atoms with Crippen molar-refractivity contribution in [2.45, 2.75) is 33.0 Å². The van der Waals surface area contributed by atoms with Crippen molar-refractivity contribution in [3.63, 3.8) is 0 Å². The Balaban J connectivity index is 3.22. The fraction of sp³-hybridized carbons (Fsp3) is 0.455. The van der Waals surface area contributed by atoms with Crippen LogP contribution in [0.1, 0.15) is 36.5 Å². The summed E-state index contributed by atoms with van der Waals surface area (Å²) in [6.07, 6.45) is 0.896. The van der Waals surface area contributed by atoms with Crippen molar-refractivity contribution >= 4 is 7.85 Å². The fourth-order valence-corrected chi connectivity index (χ4v) is 1.49. The molecular weight excluding hydrogens is 159 g/mol. The lowest BCUT2D eigenvalue weighted by atomic mass is 9.90. The number of phenols is 1. The van der Waals surface area contributed by atoms with Gasteiger partial charge in [-0.2, -0.15) is 0 Å². The molecule has 2 heteroatoms. The van der Waals surface area contributed by atoms with E-state index in [0.29, 0.717) is 11.7 Å². The van der Waals surface area contributed by atoms with E-state index in [4.69, 9.17) is 0 Å². The van der Waals surface area contributed by atoms with Crippen molar-refractivity contribution in [2.24, 2.45) is 0 Å². The number of phenolic OH excluding ortho intramolecular Hbond substituents is 1. The van der Waals surface area contributed by atoms with E-state index in [0.717, 1.165) is 17.4 Å². The molecule has 0 atom stereocenters. The van der Waals surface area contributed by atoms with Crippen molar-refractivity contribution in [2.75, 3.05) is 0 Å². The van der Waals surface area contributed by atoms with E-state index in [1.54, 1.807) is 0 Å². The van der Waals surface area contributed by atoms with Gasteiger partial charge in [0.15, 0.2) is 0 Å². The van der Waals surface area contributed by atoms with Crippen LogP contribution in [0.3, 0.4) is 0 Å². The van der Waals surface area contributed by atoms with Gasteiger partial charge in [0, 0.05) is 0 Å². The molecule has 1 aromatic carbocycles. The molecule has 13 heavy (non-hydrogen) atoms. The normalized spacial score (nSPS) is 10.8. The summed E-state index contributed by atoms with van der Waals surface area (Å²) in [5.74, 6) is 0.997. The third kappa shape index (κ3) is 2.06. The molecule has 1 rings (SSSR count). The number of hydrogen-bond acceptors (Lipinski definition) is 1. The maximum Gasteiger partial charge on any atom is 0.120 e. The summed E-state index contributed by atoms with van der Waals surface area (Å²) >= 11 is 0. The zero-order valence-electron chi connectivity index (χ0n) is 8.89. The number of hydrogen-bond donors (Lipinski definition) is 1. The minimum absolute atomic E-state index is 0.465. The molecule has 0 aliphatic rings. The van der Waals surface area contributed by atoms with Crippen LogP contribution in [0, 0.1) is 6.92 Å². The van der Waals surface area contributed by atoms with Crippen molar-refractivity contribution in [1.29, 1.82) is 0 Å². The molecule has 0 aliphatic heterocycles. The Morgan fingerprint density at radius 3 is 2.46 bits per heavy atom. The second-order valence-corrected chi connectivity index (χ2v) is 3.85. The zero-order chi connectivity index (χ0) is 10.0. The van der Waals surface area contributed by atoms with Crippen LogP contribution in [-0.4, -0.2) is 13.0 Å². The van der Waals surface area contributed by atoms with Crippen LogP contribution < -0.4 is 0 Å². The van der Waals surface area contributed by atoms with E-state index < -0.39 is 0 Å². The molecule has 1 N–H and O–H groups in total. The number of aromatic hydroxyl groups is 1. The highest BCUT2D eigenvalue weighted by Gasteiger charge is 2.07. The first-order valence-corrected chi connectivity index (χ1v) is 4.88. The second-order valence-electron chi connectivity index (χ2n) is 3.85. The Morgan fingerprint density at radius 1 is 1.38 bits per heavy atom. The highest BCUT2D eigenvalue weighted by molar-refractivity contribution is 6.08. The molecule has 0 radical (unpaired) electrons. The van der Waals surface area contributed by atoms with Gasteiger partial charge in [-0.1, -0.05) is 32.3 Å². The van der Waals surface area contributed by atoms with E-state index in [9.17, 15) is 5.11 Å². The first-order valence-electron chi connectivity index (χ1n) is 4.88. The lowest BCUT2D eigenvalue weighted by molar-refractivity contribution is 0.466. The molecule has 1 nitrogen and oxygen atoms in total. The Bertz CT molecular complexity index is 305. The molecule has 0 aliphatic carbocycles. The van der Waals surface area contributed by atoms with E-state index in [2.05, 4.69) is 33.8 Å². The maximum absolute atomic E-state index is 9.70. The molecule has 70 valence electrons. The Hall–Kier alpha value is -0.915. The van der Waals surface area contributed by atoms with Crippen molar-refractivity contribution in [3.05, 3.63) is 28.8 Å². The third-order valence-electron chi connectivity index (χ3n) is 2.45. The van der Waals surface area contributed by atoms with Gasteiger partial charge >= 0.3 is 0 Å². The molecule has 0 saturated carbocycles. The Labute approximate surface area is 81.2 Å². The highest BCUT2D eigenvalue weighted by Crippen LogP contribution is 2.27. The molecular formula is C11H17BO. The van der Waals surface area contributed by atoms with Crippen molar-refractivity contribution < 1.29 is 5.11 Å². The SMILES string of the molecule is BCc1cc(C(C)C)cc(C)c1O. The number of aryl methyl sites for hydroxylation is 1. The predicted molar refractivity (Wildman–Crippen MR) is 59.2 cm³/mol. The summed E-state index contributed by atoms with van der Waals surface area (Å²) in [4.78, 5) is 0. The predicted octanol–water partition coefficient (Wildman–Crippen LogP) is 1.96. The van der Waals surface area contributed by atoms with Crippen molar-refractivity contribution in [3.8, 4) is 5.75 Å². The summed E-state index contributed by atoms with van der Waals surface area (Å²) in [6, 6.07) is 4.17. The summed E-state index contributed by atoms with van der Waals surface area (Å²) < 4.78 is 0. The summed E-state index contributed by atoms with van der Waals surface area (Å²) in [7, 11) is 2.07. The molecule has 0 fully saturated rings. The molecule has 0 unspecified atom stereocenters. The van der Waals surface area contributed by atoms with Crippen LogP contribution in [0.4, 0.5) is 0 Å².